The van der Waals surface area contributed by atoms with E-state index in [4.69, 9.17) is 33.1 Å². The van der Waals surface area contributed by atoms with Gasteiger partial charge < -0.3 is 4.74 Å². The van der Waals surface area contributed by atoms with Crippen LogP contribution in [0.4, 0.5) is 0 Å². The summed E-state index contributed by atoms with van der Waals surface area (Å²) in [5, 5.41) is 5.74. The Hall–Kier alpha value is -0.330. The zero-order chi connectivity index (χ0) is 14.0. The number of hydrogen-bond donors (Lipinski definition) is 1. The molecule has 0 bridgehead atoms. The summed E-state index contributed by atoms with van der Waals surface area (Å²) < 4.78 is 28.6. The van der Waals surface area contributed by atoms with E-state index in [-0.39, 0.29) is 5.92 Å². The van der Waals surface area contributed by atoms with Crippen molar-refractivity contribution in [3.8, 4) is 0 Å². The van der Waals surface area contributed by atoms with Crippen molar-refractivity contribution in [2.45, 2.75) is 18.1 Å². The van der Waals surface area contributed by atoms with E-state index in [2.05, 4.69) is 0 Å². The molecule has 1 heterocycles. The molecule has 0 aromatic heterocycles. The summed E-state index contributed by atoms with van der Waals surface area (Å²) in [6, 6.07) is 5.22. The van der Waals surface area contributed by atoms with Gasteiger partial charge >= 0.3 is 0 Å². The Morgan fingerprint density at radius 2 is 1.95 bits per heavy atom. The molecule has 0 amide bonds. The Bertz CT molecular complexity index is 542. The predicted octanol–water partition coefficient (Wildman–Crippen LogP) is 2.23. The van der Waals surface area contributed by atoms with Gasteiger partial charge in [-0.2, -0.15) is 0 Å². The van der Waals surface area contributed by atoms with Gasteiger partial charge in [-0.05, 0) is 30.5 Å². The van der Waals surface area contributed by atoms with Crippen molar-refractivity contribution in [1.82, 2.24) is 0 Å². The van der Waals surface area contributed by atoms with Gasteiger partial charge in [0.1, 0.15) is 0 Å². The molecule has 1 aromatic rings. The van der Waals surface area contributed by atoms with Gasteiger partial charge in [-0.1, -0.05) is 29.3 Å². The Morgan fingerprint density at radius 1 is 1.32 bits per heavy atom. The number of benzene rings is 1. The van der Waals surface area contributed by atoms with Crippen LogP contribution in [-0.2, 0) is 21.2 Å². The lowest BCUT2D eigenvalue weighted by molar-refractivity contribution is 0.0573. The first kappa shape index (κ1) is 15.1. The predicted molar refractivity (Wildman–Crippen MR) is 76.0 cm³/mol. The van der Waals surface area contributed by atoms with Crippen LogP contribution < -0.4 is 5.14 Å². The summed E-state index contributed by atoms with van der Waals surface area (Å²) in [6.45, 7) is 0.760. The molecule has 0 spiro atoms. The Labute approximate surface area is 122 Å². The average Bonchev–Trinajstić information content (AvgIpc) is 2.33. The van der Waals surface area contributed by atoms with Crippen LogP contribution in [0.5, 0.6) is 0 Å². The maximum absolute atomic E-state index is 11.6. The van der Waals surface area contributed by atoms with Gasteiger partial charge in [-0.25, -0.2) is 13.6 Å². The van der Waals surface area contributed by atoms with Crippen molar-refractivity contribution in [2.24, 2.45) is 11.1 Å². The zero-order valence-electron chi connectivity index (χ0n) is 10.2. The second kappa shape index (κ2) is 5.97. The van der Waals surface area contributed by atoms with Crippen molar-refractivity contribution in [1.29, 1.82) is 0 Å². The molecule has 2 N–H and O–H groups in total. The summed E-state index contributed by atoms with van der Waals surface area (Å²) in [7, 11) is -3.59. The lowest BCUT2D eigenvalue weighted by Gasteiger charge is -2.30. The van der Waals surface area contributed by atoms with Gasteiger partial charge in [0.15, 0.2) is 0 Å². The molecule has 0 saturated carbocycles. The quantitative estimate of drug-likeness (QED) is 0.927. The highest BCUT2D eigenvalue weighted by Gasteiger charge is 2.34. The molecule has 1 fully saturated rings. The molecule has 1 aliphatic heterocycles. The minimum absolute atomic E-state index is 0.221. The molecule has 1 aromatic carbocycles. The second-order valence-corrected chi connectivity index (χ2v) is 7.25. The molecule has 4 nitrogen and oxygen atoms in total. The Morgan fingerprint density at radius 3 is 2.53 bits per heavy atom. The normalized spacial score (nSPS) is 24.4. The van der Waals surface area contributed by atoms with Crippen LogP contribution in [0.1, 0.15) is 12.0 Å². The fourth-order valence-corrected chi connectivity index (χ4v) is 4.08. The van der Waals surface area contributed by atoms with Gasteiger partial charge in [0.2, 0.25) is 10.0 Å². The third-order valence-electron chi connectivity index (χ3n) is 3.35. The Kier molecular flexibility index (Phi) is 4.74. The molecular formula is C12H15Cl2NO3S. The lowest BCUT2D eigenvalue weighted by atomic mass is 9.93. The molecule has 2 rings (SSSR count). The molecule has 7 heteroatoms. The first-order valence-corrected chi connectivity index (χ1v) is 8.28. The molecule has 1 saturated heterocycles. The van der Waals surface area contributed by atoms with Gasteiger partial charge in [-0.3, -0.25) is 0 Å². The van der Waals surface area contributed by atoms with E-state index in [9.17, 15) is 8.42 Å². The van der Waals surface area contributed by atoms with E-state index in [0.717, 1.165) is 5.56 Å². The van der Waals surface area contributed by atoms with Crippen molar-refractivity contribution < 1.29 is 13.2 Å². The highest BCUT2D eigenvalue weighted by atomic mass is 35.5. The summed E-state index contributed by atoms with van der Waals surface area (Å²) in [5.41, 5.74) is 0.745. The van der Waals surface area contributed by atoms with Crippen molar-refractivity contribution in [3.05, 3.63) is 33.8 Å². The molecule has 1 aliphatic rings. The van der Waals surface area contributed by atoms with Crippen LogP contribution in [0.2, 0.25) is 10.0 Å². The van der Waals surface area contributed by atoms with Crippen molar-refractivity contribution in [2.75, 3.05) is 13.2 Å². The van der Waals surface area contributed by atoms with E-state index in [1.54, 1.807) is 18.2 Å². The lowest BCUT2D eigenvalue weighted by Crippen LogP contribution is -2.42. The number of nitrogens with two attached hydrogens (primary N) is 1. The molecule has 2 atom stereocenters. The van der Waals surface area contributed by atoms with Gasteiger partial charge in [0, 0.05) is 22.6 Å². The topological polar surface area (TPSA) is 69.4 Å². The van der Waals surface area contributed by atoms with Crippen LogP contribution in [0.3, 0.4) is 0 Å². The number of hydrogen-bond acceptors (Lipinski definition) is 3. The molecule has 0 aliphatic carbocycles. The van der Waals surface area contributed by atoms with Crippen LogP contribution in [0.25, 0.3) is 0 Å². The number of ether oxygens (including phenoxy) is 1. The van der Waals surface area contributed by atoms with Crippen LogP contribution in [-0.4, -0.2) is 26.9 Å². The molecule has 106 valence electrons. The minimum atomic E-state index is -3.59. The highest BCUT2D eigenvalue weighted by molar-refractivity contribution is 7.89. The third-order valence-corrected chi connectivity index (χ3v) is 5.53. The van der Waals surface area contributed by atoms with E-state index in [1.165, 1.54) is 0 Å². The monoisotopic (exact) mass is 323 g/mol. The summed E-state index contributed by atoms with van der Waals surface area (Å²) >= 11 is 12.2. The van der Waals surface area contributed by atoms with Crippen molar-refractivity contribution in [3.63, 3.8) is 0 Å². The maximum Gasteiger partial charge on any atom is 0.212 e. The summed E-state index contributed by atoms with van der Waals surface area (Å²) in [4.78, 5) is 0. The SMILES string of the molecule is NS(=O)(=O)[C@H]1CCOC[C@@H]1Cc1c(Cl)cccc1Cl. The first-order valence-electron chi connectivity index (χ1n) is 5.92. The summed E-state index contributed by atoms with van der Waals surface area (Å²) in [6.07, 6.45) is 0.852. The first-order chi connectivity index (χ1) is 8.89. The average molecular weight is 324 g/mol. The van der Waals surface area contributed by atoms with E-state index in [0.29, 0.717) is 36.1 Å². The fourth-order valence-electron chi connectivity index (χ4n) is 2.39. The molecule has 19 heavy (non-hydrogen) atoms. The standard InChI is InChI=1S/C12H15Cl2NO3S/c13-10-2-1-3-11(14)9(10)6-8-7-18-5-4-12(8)19(15,16)17/h1-3,8,12H,4-7H2,(H2,15,16,17)/t8-,12-/m0/s1. The maximum atomic E-state index is 11.6. The van der Waals surface area contributed by atoms with Crippen LogP contribution >= 0.6 is 23.2 Å². The highest BCUT2D eigenvalue weighted by Crippen LogP contribution is 2.31. The number of sulfonamides is 1. The largest absolute Gasteiger partial charge is 0.381 e. The van der Waals surface area contributed by atoms with Gasteiger partial charge in [0.25, 0.3) is 0 Å². The van der Waals surface area contributed by atoms with Gasteiger partial charge in [0.05, 0.1) is 11.9 Å². The molecule has 0 unspecified atom stereocenters. The number of rotatable bonds is 3. The fraction of sp³-hybridized carbons (Fsp3) is 0.500. The van der Waals surface area contributed by atoms with Crippen LogP contribution in [0, 0.1) is 5.92 Å². The Balaban J connectivity index is 2.25. The number of primary sulfonamides is 1. The molecular weight excluding hydrogens is 309 g/mol. The van der Waals surface area contributed by atoms with Crippen molar-refractivity contribution >= 4 is 33.2 Å². The van der Waals surface area contributed by atoms with E-state index in [1.807, 2.05) is 0 Å². The van der Waals surface area contributed by atoms with Crippen LogP contribution in [0.15, 0.2) is 18.2 Å². The van der Waals surface area contributed by atoms with E-state index < -0.39 is 15.3 Å². The minimum Gasteiger partial charge on any atom is -0.381 e. The van der Waals surface area contributed by atoms with E-state index >= 15 is 0 Å². The molecule has 0 radical (unpaired) electrons. The van der Waals surface area contributed by atoms with Gasteiger partial charge in [-0.15, -0.1) is 0 Å². The third kappa shape index (κ3) is 3.61. The summed E-state index contributed by atoms with van der Waals surface area (Å²) in [5.74, 6) is -0.221. The number of halogens is 2. The smallest absolute Gasteiger partial charge is 0.212 e. The zero-order valence-corrected chi connectivity index (χ0v) is 12.5. The second-order valence-electron chi connectivity index (χ2n) is 4.66.